The molecule has 92 valence electrons. The summed E-state index contributed by atoms with van der Waals surface area (Å²) in [5.74, 6) is 1.07. The second kappa shape index (κ2) is 5.80. The van der Waals surface area contributed by atoms with Gasteiger partial charge in [-0.2, -0.15) is 0 Å². The number of aromatic nitrogens is 1. The SMILES string of the molecule is CC(C(=O)NCCCc1cccnc1)C1CC1. The number of amides is 1. The van der Waals surface area contributed by atoms with Gasteiger partial charge in [-0.1, -0.05) is 13.0 Å². The summed E-state index contributed by atoms with van der Waals surface area (Å²) >= 11 is 0. The summed E-state index contributed by atoms with van der Waals surface area (Å²) < 4.78 is 0. The van der Waals surface area contributed by atoms with Crippen LogP contribution in [0.1, 0.15) is 31.7 Å². The monoisotopic (exact) mass is 232 g/mol. The molecule has 1 unspecified atom stereocenters. The predicted octanol–water partition coefficient (Wildman–Crippen LogP) is 2.18. The van der Waals surface area contributed by atoms with Gasteiger partial charge >= 0.3 is 0 Å². The van der Waals surface area contributed by atoms with E-state index in [4.69, 9.17) is 0 Å². The third-order valence-corrected chi connectivity index (χ3v) is 3.41. The van der Waals surface area contributed by atoms with Crippen molar-refractivity contribution >= 4 is 5.91 Å². The van der Waals surface area contributed by atoms with Gasteiger partial charge in [0.05, 0.1) is 0 Å². The molecule has 0 radical (unpaired) electrons. The van der Waals surface area contributed by atoms with Gasteiger partial charge in [0.1, 0.15) is 0 Å². The lowest BCUT2D eigenvalue weighted by Gasteiger charge is -2.10. The molecule has 3 heteroatoms. The zero-order valence-corrected chi connectivity index (χ0v) is 10.4. The van der Waals surface area contributed by atoms with Gasteiger partial charge in [0.25, 0.3) is 0 Å². The Morgan fingerprint density at radius 3 is 3.06 bits per heavy atom. The van der Waals surface area contributed by atoms with Gasteiger partial charge in [0, 0.05) is 24.9 Å². The zero-order chi connectivity index (χ0) is 12.1. The molecule has 1 atom stereocenters. The summed E-state index contributed by atoms with van der Waals surface area (Å²) in [7, 11) is 0. The van der Waals surface area contributed by atoms with Gasteiger partial charge in [-0.05, 0) is 43.2 Å². The van der Waals surface area contributed by atoms with Crippen molar-refractivity contribution in [2.45, 2.75) is 32.6 Å². The third kappa shape index (κ3) is 3.84. The zero-order valence-electron chi connectivity index (χ0n) is 10.4. The Balaban J connectivity index is 1.61. The first kappa shape index (κ1) is 12.1. The van der Waals surface area contributed by atoms with Gasteiger partial charge < -0.3 is 5.32 Å². The lowest BCUT2D eigenvalue weighted by Crippen LogP contribution is -2.31. The molecule has 17 heavy (non-hydrogen) atoms. The first-order valence-electron chi connectivity index (χ1n) is 6.44. The Morgan fingerprint density at radius 1 is 1.59 bits per heavy atom. The molecular formula is C14H20N2O. The number of carbonyl (C=O) groups is 1. The predicted molar refractivity (Wildman–Crippen MR) is 67.5 cm³/mol. The Labute approximate surface area is 103 Å². The second-order valence-electron chi connectivity index (χ2n) is 4.88. The summed E-state index contributed by atoms with van der Waals surface area (Å²) in [6.45, 7) is 2.80. The van der Waals surface area contributed by atoms with Gasteiger partial charge in [-0.25, -0.2) is 0 Å². The van der Waals surface area contributed by atoms with Crippen LogP contribution in [-0.2, 0) is 11.2 Å². The average Bonchev–Trinajstić information content (AvgIpc) is 3.19. The lowest BCUT2D eigenvalue weighted by atomic mass is 10.1. The number of rotatable bonds is 6. The van der Waals surface area contributed by atoms with E-state index < -0.39 is 0 Å². The molecule has 0 saturated heterocycles. The minimum absolute atomic E-state index is 0.202. The van der Waals surface area contributed by atoms with E-state index in [0.717, 1.165) is 19.4 Å². The maximum atomic E-state index is 11.7. The Morgan fingerprint density at radius 2 is 2.41 bits per heavy atom. The molecule has 3 nitrogen and oxygen atoms in total. The lowest BCUT2D eigenvalue weighted by molar-refractivity contribution is -0.125. The van der Waals surface area contributed by atoms with Gasteiger partial charge in [-0.15, -0.1) is 0 Å². The number of nitrogens with one attached hydrogen (secondary N) is 1. The summed E-state index contributed by atoms with van der Waals surface area (Å²) in [5.41, 5.74) is 1.23. The highest BCUT2D eigenvalue weighted by Gasteiger charge is 2.32. The average molecular weight is 232 g/mol. The number of hydrogen-bond acceptors (Lipinski definition) is 2. The fourth-order valence-electron chi connectivity index (χ4n) is 2.02. The van der Waals surface area contributed by atoms with Crippen molar-refractivity contribution in [1.29, 1.82) is 0 Å². The van der Waals surface area contributed by atoms with Crippen molar-refractivity contribution < 1.29 is 4.79 Å². The topological polar surface area (TPSA) is 42.0 Å². The summed E-state index contributed by atoms with van der Waals surface area (Å²) in [6, 6.07) is 4.02. The fraction of sp³-hybridized carbons (Fsp3) is 0.571. The number of aryl methyl sites for hydroxylation is 1. The van der Waals surface area contributed by atoms with Crippen molar-refractivity contribution in [1.82, 2.24) is 10.3 Å². The molecule has 0 bridgehead atoms. The van der Waals surface area contributed by atoms with Gasteiger partial charge in [0.2, 0.25) is 5.91 Å². The molecule has 1 saturated carbocycles. The number of carbonyl (C=O) groups excluding carboxylic acids is 1. The molecule has 0 aliphatic heterocycles. The molecule has 0 aromatic carbocycles. The Hall–Kier alpha value is -1.38. The molecule has 0 spiro atoms. The van der Waals surface area contributed by atoms with Crippen molar-refractivity contribution in [2.24, 2.45) is 11.8 Å². The molecule has 1 fully saturated rings. The van der Waals surface area contributed by atoms with Gasteiger partial charge in [-0.3, -0.25) is 9.78 Å². The van der Waals surface area contributed by atoms with Crippen LogP contribution in [0.4, 0.5) is 0 Å². The minimum atomic E-state index is 0.202. The van der Waals surface area contributed by atoms with Crippen LogP contribution < -0.4 is 5.32 Å². The highest BCUT2D eigenvalue weighted by molar-refractivity contribution is 5.78. The van der Waals surface area contributed by atoms with E-state index >= 15 is 0 Å². The molecule has 1 N–H and O–H groups in total. The molecule has 2 rings (SSSR count). The van der Waals surface area contributed by atoms with Gasteiger partial charge in [0.15, 0.2) is 0 Å². The van der Waals surface area contributed by atoms with Crippen LogP contribution in [-0.4, -0.2) is 17.4 Å². The van der Waals surface area contributed by atoms with E-state index in [-0.39, 0.29) is 11.8 Å². The highest BCUT2D eigenvalue weighted by atomic mass is 16.1. The largest absolute Gasteiger partial charge is 0.356 e. The van der Waals surface area contributed by atoms with Crippen LogP contribution in [0, 0.1) is 11.8 Å². The smallest absolute Gasteiger partial charge is 0.223 e. The normalized spacial score (nSPS) is 16.5. The summed E-state index contributed by atoms with van der Waals surface area (Å²) in [4.78, 5) is 15.8. The van der Waals surface area contributed by atoms with E-state index in [0.29, 0.717) is 5.92 Å². The quantitative estimate of drug-likeness (QED) is 0.764. The maximum Gasteiger partial charge on any atom is 0.223 e. The van der Waals surface area contributed by atoms with E-state index in [2.05, 4.69) is 16.4 Å². The second-order valence-corrected chi connectivity index (χ2v) is 4.88. The van der Waals surface area contributed by atoms with E-state index in [1.165, 1.54) is 18.4 Å². The van der Waals surface area contributed by atoms with E-state index in [1.54, 1.807) is 6.20 Å². The Bertz CT molecular complexity index is 360. The van der Waals surface area contributed by atoms with Crippen molar-refractivity contribution in [3.63, 3.8) is 0 Å². The molecular weight excluding hydrogens is 212 g/mol. The Kier molecular flexibility index (Phi) is 4.13. The van der Waals surface area contributed by atoms with Crippen LogP contribution in [0.25, 0.3) is 0 Å². The molecule has 1 aliphatic rings. The van der Waals surface area contributed by atoms with Crippen molar-refractivity contribution in [2.75, 3.05) is 6.54 Å². The highest BCUT2D eigenvalue weighted by Crippen LogP contribution is 2.36. The number of hydrogen-bond donors (Lipinski definition) is 1. The summed E-state index contributed by atoms with van der Waals surface area (Å²) in [5, 5.41) is 3.01. The van der Waals surface area contributed by atoms with Crippen molar-refractivity contribution in [3.8, 4) is 0 Å². The number of pyridine rings is 1. The first-order chi connectivity index (χ1) is 8.27. The molecule has 1 aliphatic carbocycles. The number of nitrogens with zero attached hydrogens (tertiary/aromatic N) is 1. The molecule has 1 aromatic rings. The van der Waals surface area contributed by atoms with Crippen LogP contribution in [0.15, 0.2) is 24.5 Å². The molecule has 1 amide bonds. The van der Waals surface area contributed by atoms with Crippen LogP contribution in [0.5, 0.6) is 0 Å². The first-order valence-corrected chi connectivity index (χ1v) is 6.44. The summed E-state index contributed by atoms with van der Waals surface area (Å²) in [6.07, 6.45) is 8.08. The van der Waals surface area contributed by atoms with Crippen LogP contribution in [0.2, 0.25) is 0 Å². The molecule has 1 heterocycles. The molecule has 1 aromatic heterocycles. The van der Waals surface area contributed by atoms with Crippen LogP contribution >= 0.6 is 0 Å². The van der Waals surface area contributed by atoms with Crippen LogP contribution in [0.3, 0.4) is 0 Å². The van der Waals surface area contributed by atoms with E-state index in [1.807, 2.05) is 19.2 Å². The fourth-order valence-corrected chi connectivity index (χ4v) is 2.02. The minimum Gasteiger partial charge on any atom is -0.356 e. The third-order valence-electron chi connectivity index (χ3n) is 3.41. The maximum absolute atomic E-state index is 11.7. The standard InChI is InChI=1S/C14H20N2O/c1-11(13-6-7-13)14(17)16-9-3-5-12-4-2-8-15-10-12/h2,4,8,10-11,13H,3,5-7,9H2,1H3,(H,16,17). The van der Waals surface area contributed by atoms with Crippen molar-refractivity contribution in [3.05, 3.63) is 30.1 Å². The van der Waals surface area contributed by atoms with E-state index in [9.17, 15) is 4.79 Å².